The second-order valence-electron chi connectivity index (χ2n) is 7.32. The molecular weight excluding hydrogens is 306 g/mol. The van der Waals surface area contributed by atoms with Crippen LogP contribution in [0.1, 0.15) is 19.8 Å². The molecule has 2 amide bonds. The van der Waals surface area contributed by atoms with Crippen LogP contribution in [0, 0.1) is 29.1 Å². The van der Waals surface area contributed by atoms with Crippen LogP contribution in [0.3, 0.4) is 0 Å². The SMILES string of the molecule is CC(=O)Oc1cccc(N2C(=O)C3C(C2=O)C2C=CC3C23CC3)c1. The van der Waals surface area contributed by atoms with Crippen molar-refractivity contribution >= 4 is 23.5 Å². The zero-order valence-electron chi connectivity index (χ0n) is 13.3. The molecule has 0 aromatic heterocycles. The fourth-order valence-electron chi connectivity index (χ4n) is 5.18. The number of ether oxygens (including phenoxy) is 1. The van der Waals surface area contributed by atoms with Crippen molar-refractivity contribution in [2.24, 2.45) is 29.1 Å². The van der Waals surface area contributed by atoms with Crippen molar-refractivity contribution in [1.82, 2.24) is 0 Å². The van der Waals surface area contributed by atoms with Gasteiger partial charge in [-0.3, -0.25) is 14.4 Å². The first-order valence-electron chi connectivity index (χ1n) is 8.37. The number of hydrogen-bond donors (Lipinski definition) is 0. The monoisotopic (exact) mass is 323 g/mol. The minimum absolute atomic E-state index is 0.104. The zero-order valence-corrected chi connectivity index (χ0v) is 13.3. The average molecular weight is 323 g/mol. The normalized spacial score (nSPS) is 34.1. The summed E-state index contributed by atoms with van der Waals surface area (Å²) in [5.74, 6) is -0.296. The molecule has 122 valence electrons. The third-order valence-electron chi connectivity index (χ3n) is 6.19. The van der Waals surface area contributed by atoms with E-state index >= 15 is 0 Å². The van der Waals surface area contributed by atoms with Crippen molar-refractivity contribution in [2.75, 3.05) is 4.90 Å². The number of esters is 1. The van der Waals surface area contributed by atoms with Gasteiger partial charge in [0.05, 0.1) is 17.5 Å². The van der Waals surface area contributed by atoms with E-state index in [1.165, 1.54) is 11.8 Å². The van der Waals surface area contributed by atoms with Crippen molar-refractivity contribution in [3.05, 3.63) is 36.4 Å². The summed E-state index contributed by atoms with van der Waals surface area (Å²) in [5, 5.41) is 0. The van der Waals surface area contributed by atoms with E-state index in [1.807, 2.05) is 0 Å². The third-order valence-corrected chi connectivity index (χ3v) is 6.19. The number of anilines is 1. The van der Waals surface area contributed by atoms with Gasteiger partial charge in [0.1, 0.15) is 5.75 Å². The van der Waals surface area contributed by atoms with Gasteiger partial charge < -0.3 is 4.74 Å². The van der Waals surface area contributed by atoms with E-state index in [-0.39, 0.29) is 40.9 Å². The van der Waals surface area contributed by atoms with Crippen LogP contribution in [0.4, 0.5) is 5.69 Å². The highest BCUT2D eigenvalue weighted by molar-refractivity contribution is 6.23. The first-order chi connectivity index (χ1) is 11.5. The Hall–Kier alpha value is -2.43. The van der Waals surface area contributed by atoms with Crippen molar-refractivity contribution in [3.63, 3.8) is 0 Å². The summed E-state index contributed by atoms with van der Waals surface area (Å²) in [6.07, 6.45) is 6.57. The number of imide groups is 1. The Morgan fingerprint density at radius 3 is 2.29 bits per heavy atom. The lowest BCUT2D eigenvalue weighted by Gasteiger charge is -2.22. The molecule has 1 aliphatic heterocycles. The molecule has 0 radical (unpaired) electrons. The minimum atomic E-state index is -0.430. The highest BCUT2D eigenvalue weighted by Crippen LogP contribution is 2.73. The summed E-state index contributed by atoms with van der Waals surface area (Å²) in [6.45, 7) is 1.32. The van der Waals surface area contributed by atoms with Crippen LogP contribution in [-0.2, 0) is 14.4 Å². The molecule has 5 heteroatoms. The molecule has 3 fully saturated rings. The standard InChI is InChI=1S/C19H17NO4/c1-10(21)24-12-4-2-3-11(9-12)20-17(22)15-13-5-6-14(16(15)18(20)23)19(13)7-8-19/h2-6,9,13-16H,7-8H2,1H3. The minimum Gasteiger partial charge on any atom is -0.427 e. The predicted octanol–water partition coefficient (Wildman–Crippen LogP) is 2.31. The van der Waals surface area contributed by atoms with Gasteiger partial charge in [0.25, 0.3) is 0 Å². The fourth-order valence-corrected chi connectivity index (χ4v) is 5.18. The number of carbonyl (C=O) groups excluding carboxylic acids is 3. The van der Waals surface area contributed by atoms with Gasteiger partial charge >= 0.3 is 5.97 Å². The second kappa shape index (κ2) is 4.35. The molecule has 1 aromatic carbocycles. The van der Waals surface area contributed by atoms with Gasteiger partial charge in [0.2, 0.25) is 11.8 Å². The third kappa shape index (κ3) is 1.57. The Morgan fingerprint density at radius 2 is 1.75 bits per heavy atom. The molecule has 0 N–H and O–H groups in total. The van der Waals surface area contributed by atoms with Gasteiger partial charge in [-0.1, -0.05) is 18.2 Å². The highest BCUT2D eigenvalue weighted by atomic mass is 16.5. The number of carbonyl (C=O) groups is 3. The molecule has 5 nitrogen and oxygen atoms in total. The predicted molar refractivity (Wildman–Crippen MR) is 85.0 cm³/mol. The van der Waals surface area contributed by atoms with Gasteiger partial charge in [0, 0.05) is 13.0 Å². The van der Waals surface area contributed by atoms with Gasteiger partial charge in [-0.2, -0.15) is 0 Å². The van der Waals surface area contributed by atoms with Crippen LogP contribution >= 0.6 is 0 Å². The van der Waals surface area contributed by atoms with E-state index in [2.05, 4.69) is 12.2 Å². The molecule has 4 unspecified atom stereocenters. The Labute approximate surface area is 139 Å². The molecule has 4 atom stereocenters. The number of amides is 2. The first kappa shape index (κ1) is 14.0. The van der Waals surface area contributed by atoms with Crippen molar-refractivity contribution in [1.29, 1.82) is 0 Å². The van der Waals surface area contributed by atoms with Crippen molar-refractivity contribution in [3.8, 4) is 5.75 Å². The molecule has 1 spiro atoms. The number of allylic oxidation sites excluding steroid dienone is 2. The Balaban J connectivity index is 1.51. The highest BCUT2D eigenvalue weighted by Gasteiger charge is 2.73. The van der Waals surface area contributed by atoms with E-state index in [0.29, 0.717) is 11.4 Å². The summed E-state index contributed by atoms with van der Waals surface area (Å²) >= 11 is 0. The Kier molecular flexibility index (Phi) is 2.53. The molecule has 3 aliphatic carbocycles. The fraction of sp³-hybridized carbons (Fsp3) is 0.421. The largest absolute Gasteiger partial charge is 0.427 e. The van der Waals surface area contributed by atoms with E-state index in [1.54, 1.807) is 24.3 Å². The van der Waals surface area contributed by atoms with E-state index < -0.39 is 5.97 Å². The summed E-state index contributed by atoms with van der Waals surface area (Å²) in [7, 11) is 0. The molecule has 5 rings (SSSR count). The molecule has 1 heterocycles. The topological polar surface area (TPSA) is 63.7 Å². The van der Waals surface area contributed by atoms with Crippen LogP contribution < -0.4 is 9.64 Å². The van der Waals surface area contributed by atoms with Crippen LogP contribution in [0.2, 0.25) is 0 Å². The summed E-state index contributed by atoms with van der Waals surface area (Å²) in [6, 6.07) is 6.63. The molecule has 1 saturated heterocycles. The van der Waals surface area contributed by atoms with E-state index in [4.69, 9.17) is 4.74 Å². The smallest absolute Gasteiger partial charge is 0.308 e. The van der Waals surface area contributed by atoms with Crippen molar-refractivity contribution < 1.29 is 19.1 Å². The maximum absolute atomic E-state index is 13.0. The average Bonchev–Trinajstić information content (AvgIpc) is 3.12. The van der Waals surface area contributed by atoms with Gasteiger partial charge in [-0.15, -0.1) is 0 Å². The van der Waals surface area contributed by atoms with Crippen LogP contribution in [0.15, 0.2) is 36.4 Å². The first-order valence-corrected chi connectivity index (χ1v) is 8.37. The molecular formula is C19H17NO4. The van der Waals surface area contributed by atoms with E-state index in [0.717, 1.165) is 12.8 Å². The van der Waals surface area contributed by atoms with Crippen molar-refractivity contribution in [2.45, 2.75) is 19.8 Å². The number of nitrogens with zero attached hydrogens (tertiary/aromatic N) is 1. The lowest BCUT2D eigenvalue weighted by Crippen LogP contribution is -2.34. The number of rotatable bonds is 2. The number of benzene rings is 1. The van der Waals surface area contributed by atoms with E-state index in [9.17, 15) is 14.4 Å². The van der Waals surface area contributed by atoms with Gasteiger partial charge in [0.15, 0.2) is 0 Å². The van der Waals surface area contributed by atoms with Crippen LogP contribution in [0.5, 0.6) is 5.75 Å². The summed E-state index contributed by atoms with van der Waals surface area (Å²) < 4.78 is 5.08. The maximum atomic E-state index is 13.0. The molecule has 2 bridgehead atoms. The van der Waals surface area contributed by atoms with Gasteiger partial charge in [-0.25, -0.2) is 4.90 Å². The molecule has 2 saturated carbocycles. The molecule has 1 aromatic rings. The van der Waals surface area contributed by atoms with Gasteiger partial charge in [-0.05, 0) is 42.2 Å². The molecule has 24 heavy (non-hydrogen) atoms. The number of fused-ring (bicyclic) bond motifs is 3. The zero-order chi connectivity index (χ0) is 16.6. The number of hydrogen-bond acceptors (Lipinski definition) is 4. The second-order valence-corrected chi connectivity index (χ2v) is 7.32. The lowest BCUT2D eigenvalue weighted by molar-refractivity contribution is -0.132. The summed E-state index contributed by atoms with van der Waals surface area (Å²) in [5.41, 5.74) is 0.689. The summed E-state index contributed by atoms with van der Waals surface area (Å²) in [4.78, 5) is 38.4. The molecule has 4 aliphatic rings. The Morgan fingerprint density at radius 1 is 1.12 bits per heavy atom. The quantitative estimate of drug-likeness (QED) is 0.363. The van der Waals surface area contributed by atoms with Crippen LogP contribution in [-0.4, -0.2) is 17.8 Å². The van der Waals surface area contributed by atoms with Crippen LogP contribution in [0.25, 0.3) is 0 Å². The lowest BCUT2D eigenvalue weighted by atomic mass is 9.85. The maximum Gasteiger partial charge on any atom is 0.308 e. The Bertz CT molecular complexity index is 788.